The van der Waals surface area contributed by atoms with Crippen molar-refractivity contribution in [2.75, 3.05) is 6.61 Å². The van der Waals surface area contributed by atoms with Gasteiger partial charge in [-0.15, -0.1) is 0 Å². The van der Waals surface area contributed by atoms with Crippen molar-refractivity contribution in [3.05, 3.63) is 102 Å². The maximum atomic E-state index is 9.70. The minimum Gasteiger partial charge on any atom is -0.508 e. The Kier molecular flexibility index (Phi) is 9.13. The second-order valence-corrected chi connectivity index (χ2v) is 9.68. The van der Waals surface area contributed by atoms with Crippen molar-refractivity contribution >= 4 is 0 Å². The number of aliphatic hydroxyl groups is 1. The zero-order valence-corrected chi connectivity index (χ0v) is 23.7. The van der Waals surface area contributed by atoms with Crippen LogP contribution in [-0.2, 0) is 12.8 Å². The molecule has 1 unspecified atom stereocenters. The van der Waals surface area contributed by atoms with Crippen molar-refractivity contribution in [2.24, 2.45) is 0 Å². The molecule has 39 heavy (non-hydrogen) atoms. The van der Waals surface area contributed by atoms with E-state index in [2.05, 4.69) is 31.2 Å². The van der Waals surface area contributed by atoms with Crippen LogP contribution in [0.1, 0.15) is 57.6 Å². The molecule has 1 aliphatic rings. The summed E-state index contributed by atoms with van der Waals surface area (Å²) in [6, 6.07) is 24.5. The minimum atomic E-state index is -0.673. The largest absolute Gasteiger partial charge is 0.508 e. The number of rotatable bonds is 11. The molecular formula is C34H39NO4. The Morgan fingerprint density at radius 3 is 2.33 bits per heavy atom. The van der Waals surface area contributed by atoms with E-state index in [1.807, 2.05) is 76.2 Å². The van der Waals surface area contributed by atoms with E-state index >= 15 is 0 Å². The van der Waals surface area contributed by atoms with Crippen molar-refractivity contribution in [1.29, 1.82) is 0 Å². The molecule has 0 spiro atoms. The first-order chi connectivity index (χ1) is 18.9. The van der Waals surface area contributed by atoms with Crippen LogP contribution >= 0.6 is 0 Å². The number of benzene rings is 3. The van der Waals surface area contributed by atoms with Gasteiger partial charge in [-0.05, 0) is 73.7 Å². The highest BCUT2D eigenvalue weighted by Gasteiger charge is 2.42. The van der Waals surface area contributed by atoms with Gasteiger partial charge in [0.05, 0.1) is 12.3 Å². The van der Waals surface area contributed by atoms with Crippen molar-refractivity contribution in [3.63, 3.8) is 0 Å². The van der Waals surface area contributed by atoms with E-state index in [0.717, 1.165) is 64.5 Å². The van der Waals surface area contributed by atoms with E-state index in [1.54, 1.807) is 6.08 Å². The third kappa shape index (κ3) is 6.91. The monoisotopic (exact) mass is 525 g/mol. The highest BCUT2D eigenvalue weighted by molar-refractivity contribution is 5.69. The lowest BCUT2D eigenvalue weighted by Gasteiger charge is -2.17. The number of aryl methyl sites for hydroxylation is 2. The summed E-state index contributed by atoms with van der Waals surface area (Å²) >= 11 is 0. The standard InChI is InChI=1S/C32H33NO4.C2H6/c1-4-5-10-25-20-27(37-32(3)21-30(32)34)15-16-29(25)35-18-17-28-22(2)36-31(33-28)26-14-9-13-24(19-26)23-11-7-6-8-12-23;1-2/h6-9,11-16,19-21,34H,4-5,10,17-18H2,1-3H3;1-2H3. The lowest BCUT2D eigenvalue weighted by molar-refractivity contribution is 0.179. The van der Waals surface area contributed by atoms with E-state index in [0.29, 0.717) is 18.9 Å². The Morgan fingerprint density at radius 2 is 1.62 bits per heavy atom. The number of unbranched alkanes of at least 4 members (excludes halogenated alkanes) is 1. The van der Waals surface area contributed by atoms with Crippen LogP contribution in [0.25, 0.3) is 22.6 Å². The predicted molar refractivity (Wildman–Crippen MR) is 157 cm³/mol. The van der Waals surface area contributed by atoms with Crippen LogP contribution in [0.4, 0.5) is 0 Å². The lowest BCUT2D eigenvalue weighted by Crippen LogP contribution is -2.17. The van der Waals surface area contributed by atoms with E-state index in [1.165, 1.54) is 0 Å². The van der Waals surface area contributed by atoms with Crippen molar-refractivity contribution in [1.82, 2.24) is 4.98 Å². The molecule has 0 fully saturated rings. The van der Waals surface area contributed by atoms with Crippen LogP contribution in [0, 0.1) is 6.92 Å². The van der Waals surface area contributed by atoms with E-state index in [4.69, 9.17) is 18.9 Å². The molecule has 0 amide bonds. The molecule has 1 aliphatic carbocycles. The van der Waals surface area contributed by atoms with Gasteiger partial charge >= 0.3 is 0 Å². The van der Waals surface area contributed by atoms with Gasteiger partial charge in [0.25, 0.3) is 0 Å². The van der Waals surface area contributed by atoms with Gasteiger partial charge in [0.1, 0.15) is 23.0 Å². The summed E-state index contributed by atoms with van der Waals surface area (Å²) in [6.45, 7) is 10.5. The Balaban J connectivity index is 0.00000172. The van der Waals surface area contributed by atoms with Crippen molar-refractivity contribution in [3.8, 4) is 34.1 Å². The molecule has 4 aromatic rings. The predicted octanol–water partition coefficient (Wildman–Crippen LogP) is 8.90. The smallest absolute Gasteiger partial charge is 0.226 e. The SMILES string of the molecule is CC.CCCCc1cc(OC2(C)C=C2O)ccc1OCCc1nc(-c2cccc(-c3ccccc3)c2)oc1C. The summed E-state index contributed by atoms with van der Waals surface area (Å²) in [7, 11) is 0. The molecule has 1 heterocycles. The topological polar surface area (TPSA) is 64.7 Å². The normalized spacial score (nSPS) is 15.7. The molecule has 3 aromatic carbocycles. The molecule has 5 rings (SSSR count). The maximum Gasteiger partial charge on any atom is 0.226 e. The molecule has 204 valence electrons. The third-order valence-electron chi connectivity index (χ3n) is 6.70. The number of aromatic nitrogens is 1. The van der Waals surface area contributed by atoms with Gasteiger partial charge in [-0.2, -0.15) is 0 Å². The summed E-state index contributed by atoms with van der Waals surface area (Å²) in [6.07, 6.45) is 5.42. The van der Waals surface area contributed by atoms with Gasteiger partial charge in [-0.1, -0.05) is 69.7 Å². The molecule has 0 bridgehead atoms. The molecule has 1 aromatic heterocycles. The van der Waals surface area contributed by atoms with Gasteiger partial charge in [0.2, 0.25) is 5.89 Å². The Bertz CT molecular complexity index is 1410. The summed E-state index contributed by atoms with van der Waals surface area (Å²) in [5, 5.41) is 9.70. The molecule has 0 saturated heterocycles. The lowest BCUT2D eigenvalue weighted by atomic mass is 10.0. The van der Waals surface area contributed by atoms with Crippen LogP contribution in [0.15, 0.2) is 89.0 Å². The Hall–Kier alpha value is -3.99. The van der Waals surface area contributed by atoms with Gasteiger partial charge in [-0.3, -0.25) is 0 Å². The molecule has 5 heteroatoms. The van der Waals surface area contributed by atoms with E-state index in [-0.39, 0.29) is 5.76 Å². The quantitative estimate of drug-likeness (QED) is 0.212. The van der Waals surface area contributed by atoms with Crippen molar-refractivity contribution in [2.45, 2.75) is 65.9 Å². The second-order valence-electron chi connectivity index (χ2n) is 9.68. The molecular weight excluding hydrogens is 486 g/mol. The van der Waals surface area contributed by atoms with Crippen LogP contribution in [0.3, 0.4) is 0 Å². The first-order valence-corrected chi connectivity index (χ1v) is 13.9. The minimum absolute atomic E-state index is 0.275. The highest BCUT2D eigenvalue weighted by atomic mass is 16.5. The summed E-state index contributed by atoms with van der Waals surface area (Å²) in [5.74, 6) is 3.30. The third-order valence-corrected chi connectivity index (χ3v) is 6.70. The first-order valence-electron chi connectivity index (χ1n) is 13.9. The number of ether oxygens (including phenoxy) is 2. The summed E-state index contributed by atoms with van der Waals surface area (Å²) in [4.78, 5) is 4.79. The highest BCUT2D eigenvalue weighted by Crippen LogP contribution is 2.38. The Morgan fingerprint density at radius 1 is 0.897 bits per heavy atom. The summed E-state index contributed by atoms with van der Waals surface area (Å²) in [5.41, 5.74) is 4.59. The maximum absolute atomic E-state index is 9.70. The number of oxazole rings is 1. The number of aliphatic hydroxyl groups excluding tert-OH is 1. The zero-order valence-electron chi connectivity index (χ0n) is 23.7. The van der Waals surface area contributed by atoms with Crippen LogP contribution in [-0.4, -0.2) is 22.3 Å². The molecule has 0 radical (unpaired) electrons. The van der Waals surface area contributed by atoms with Gasteiger partial charge in [0.15, 0.2) is 5.60 Å². The molecule has 1 atom stereocenters. The Labute approximate surface area is 232 Å². The first kappa shape index (κ1) is 28.0. The fourth-order valence-corrected chi connectivity index (χ4v) is 4.38. The molecule has 1 N–H and O–H groups in total. The number of hydrogen-bond donors (Lipinski definition) is 1. The van der Waals surface area contributed by atoms with Gasteiger partial charge < -0.3 is 19.0 Å². The van der Waals surface area contributed by atoms with Crippen LogP contribution < -0.4 is 9.47 Å². The fraction of sp³-hybridized carbons (Fsp3) is 0.324. The molecule has 0 aliphatic heterocycles. The van der Waals surface area contributed by atoms with E-state index < -0.39 is 5.60 Å². The van der Waals surface area contributed by atoms with Crippen LogP contribution in [0.5, 0.6) is 11.5 Å². The second kappa shape index (κ2) is 12.7. The van der Waals surface area contributed by atoms with Crippen molar-refractivity contribution < 1.29 is 19.0 Å². The van der Waals surface area contributed by atoms with Crippen LogP contribution in [0.2, 0.25) is 0 Å². The zero-order chi connectivity index (χ0) is 27.8. The number of hydrogen-bond acceptors (Lipinski definition) is 5. The van der Waals surface area contributed by atoms with E-state index in [9.17, 15) is 5.11 Å². The number of nitrogens with zero attached hydrogens (tertiary/aromatic N) is 1. The van der Waals surface area contributed by atoms with Gasteiger partial charge in [-0.25, -0.2) is 4.98 Å². The average molecular weight is 526 g/mol. The van der Waals surface area contributed by atoms with Gasteiger partial charge in [0, 0.05) is 18.1 Å². The average Bonchev–Trinajstić information content (AvgIpc) is 3.38. The molecule has 0 saturated carbocycles. The fourth-order valence-electron chi connectivity index (χ4n) is 4.38. The molecule has 5 nitrogen and oxygen atoms in total. The summed E-state index contributed by atoms with van der Waals surface area (Å²) < 4.78 is 18.2.